The highest BCUT2D eigenvalue weighted by atomic mass is 35.5. The van der Waals surface area contributed by atoms with E-state index in [4.69, 9.17) is 26.8 Å². The predicted octanol–water partition coefficient (Wildman–Crippen LogP) is 4.02. The van der Waals surface area contributed by atoms with Gasteiger partial charge in [-0.05, 0) is 36.6 Å². The normalized spacial score (nSPS) is 12.1. The first kappa shape index (κ1) is 15.7. The molecule has 0 heterocycles. The van der Waals surface area contributed by atoms with Crippen LogP contribution in [0.1, 0.15) is 28.3 Å². The number of hydrogen-bond acceptors (Lipinski definition) is 3. The lowest BCUT2D eigenvalue weighted by atomic mass is 9.94. The highest BCUT2D eigenvalue weighted by molar-refractivity contribution is 6.31. The van der Waals surface area contributed by atoms with E-state index in [-0.39, 0.29) is 6.04 Å². The van der Waals surface area contributed by atoms with Crippen LogP contribution in [0.25, 0.3) is 0 Å². The molecule has 0 radical (unpaired) electrons. The molecule has 0 bridgehead atoms. The molecule has 4 heteroatoms. The van der Waals surface area contributed by atoms with Crippen LogP contribution in [0.15, 0.2) is 30.3 Å². The minimum Gasteiger partial charge on any atom is -0.493 e. The molecule has 2 aromatic rings. The molecule has 0 aromatic heterocycles. The fourth-order valence-corrected chi connectivity index (χ4v) is 2.64. The molecule has 1 unspecified atom stereocenters. The van der Waals surface area contributed by atoms with E-state index in [1.165, 1.54) is 5.56 Å². The van der Waals surface area contributed by atoms with Gasteiger partial charge in [0.25, 0.3) is 0 Å². The first-order valence-electron chi connectivity index (χ1n) is 6.72. The summed E-state index contributed by atoms with van der Waals surface area (Å²) in [6.07, 6.45) is 0. The second-order valence-electron chi connectivity index (χ2n) is 5.07. The summed E-state index contributed by atoms with van der Waals surface area (Å²) in [5.41, 5.74) is 10.6. The van der Waals surface area contributed by atoms with E-state index in [9.17, 15) is 0 Å². The number of aryl methyl sites for hydroxylation is 2. The van der Waals surface area contributed by atoms with Crippen molar-refractivity contribution in [2.24, 2.45) is 5.73 Å². The maximum atomic E-state index is 6.42. The third-order valence-electron chi connectivity index (χ3n) is 3.61. The largest absolute Gasteiger partial charge is 0.493 e. The second kappa shape index (κ2) is 6.37. The van der Waals surface area contributed by atoms with Crippen LogP contribution in [0, 0.1) is 13.8 Å². The SMILES string of the molecule is COc1cc(Cl)c(C(N)c2cc(C)ccc2C)cc1OC. The molecule has 0 spiro atoms. The lowest BCUT2D eigenvalue weighted by Crippen LogP contribution is -2.14. The zero-order chi connectivity index (χ0) is 15.6. The van der Waals surface area contributed by atoms with Crippen molar-refractivity contribution in [2.75, 3.05) is 14.2 Å². The van der Waals surface area contributed by atoms with Crippen LogP contribution >= 0.6 is 11.6 Å². The number of benzene rings is 2. The Bertz CT molecular complexity index is 655. The minimum atomic E-state index is -0.308. The van der Waals surface area contributed by atoms with Crippen molar-refractivity contribution in [3.05, 3.63) is 57.6 Å². The maximum absolute atomic E-state index is 6.42. The predicted molar refractivity (Wildman–Crippen MR) is 86.5 cm³/mol. The van der Waals surface area contributed by atoms with Crippen molar-refractivity contribution in [1.82, 2.24) is 0 Å². The maximum Gasteiger partial charge on any atom is 0.162 e. The van der Waals surface area contributed by atoms with Gasteiger partial charge >= 0.3 is 0 Å². The van der Waals surface area contributed by atoms with E-state index in [1.807, 2.05) is 19.9 Å². The van der Waals surface area contributed by atoms with Gasteiger partial charge in [-0.15, -0.1) is 0 Å². The molecule has 2 rings (SSSR count). The number of methoxy groups -OCH3 is 2. The molecule has 0 aliphatic rings. The molecule has 0 fully saturated rings. The Kier molecular flexibility index (Phi) is 4.76. The highest BCUT2D eigenvalue weighted by Gasteiger charge is 2.18. The van der Waals surface area contributed by atoms with Gasteiger partial charge in [-0.25, -0.2) is 0 Å². The molecule has 1 atom stereocenters. The first-order chi connectivity index (χ1) is 9.97. The van der Waals surface area contributed by atoms with E-state index in [0.29, 0.717) is 16.5 Å². The van der Waals surface area contributed by atoms with Gasteiger partial charge in [-0.3, -0.25) is 0 Å². The Morgan fingerprint density at radius 1 is 0.952 bits per heavy atom. The monoisotopic (exact) mass is 305 g/mol. The zero-order valence-electron chi connectivity index (χ0n) is 12.7. The van der Waals surface area contributed by atoms with Gasteiger partial charge < -0.3 is 15.2 Å². The van der Waals surface area contributed by atoms with E-state index < -0.39 is 0 Å². The third-order valence-corrected chi connectivity index (χ3v) is 3.94. The van der Waals surface area contributed by atoms with Gasteiger partial charge in [-0.1, -0.05) is 35.4 Å². The van der Waals surface area contributed by atoms with Gasteiger partial charge in [0.1, 0.15) is 0 Å². The van der Waals surface area contributed by atoms with Crippen LogP contribution in [-0.4, -0.2) is 14.2 Å². The summed E-state index contributed by atoms with van der Waals surface area (Å²) in [7, 11) is 3.18. The van der Waals surface area contributed by atoms with E-state index in [2.05, 4.69) is 18.2 Å². The van der Waals surface area contributed by atoms with Crippen molar-refractivity contribution in [3.8, 4) is 11.5 Å². The Morgan fingerprint density at radius 3 is 2.19 bits per heavy atom. The molecule has 0 aliphatic heterocycles. The van der Waals surface area contributed by atoms with Crippen LogP contribution in [0.2, 0.25) is 5.02 Å². The number of hydrogen-bond donors (Lipinski definition) is 1. The van der Waals surface area contributed by atoms with Gasteiger partial charge in [-0.2, -0.15) is 0 Å². The smallest absolute Gasteiger partial charge is 0.162 e. The topological polar surface area (TPSA) is 44.5 Å². The molecular formula is C17H20ClNO2. The number of ether oxygens (including phenoxy) is 2. The van der Waals surface area contributed by atoms with E-state index in [0.717, 1.165) is 16.7 Å². The van der Waals surface area contributed by atoms with Crippen molar-refractivity contribution >= 4 is 11.6 Å². The molecule has 0 amide bonds. The van der Waals surface area contributed by atoms with Crippen LogP contribution in [0.3, 0.4) is 0 Å². The van der Waals surface area contributed by atoms with Gasteiger partial charge in [0.15, 0.2) is 11.5 Å². The molecular weight excluding hydrogens is 286 g/mol. The molecule has 2 aromatic carbocycles. The van der Waals surface area contributed by atoms with E-state index >= 15 is 0 Å². The number of nitrogens with two attached hydrogens (primary N) is 1. The van der Waals surface area contributed by atoms with Crippen LogP contribution in [0.5, 0.6) is 11.5 Å². The number of halogens is 1. The lowest BCUT2D eigenvalue weighted by Gasteiger charge is -2.19. The molecule has 112 valence electrons. The molecule has 21 heavy (non-hydrogen) atoms. The minimum absolute atomic E-state index is 0.308. The Labute approximate surface area is 130 Å². The second-order valence-corrected chi connectivity index (χ2v) is 5.47. The van der Waals surface area contributed by atoms with Gasteiger partial charge in [0.05, 0.1) is 20.3 Å². The summed E-state index contributed by atoms with van der Waals surface area (Å²) in [6.45, 7) is 4.09. The fourth-order valence-electron chi connectivity index (χ4n) is 2.37. The third kappa shape index (κ3) is 3.14. The molecule has 0 aliphatic carbocycles. The van der Waals surface area contributed by atoms with Crippen LogP contribution < -0.4 is 15.2 Å². The molecule has 3 nitrogen and oxygen atoms in total. The average molecular weight is 306 g/mol. The van der Waals surface area contributed by atoms with Crippen molar-refractivity contribution in [2.45, 2.75) is 19.9 Å². The van der Waals surface area contributed by atoms with Gasteiger partial charge in [0, 0.05) is 11.1 Å². The highest BCUT2D eigenvalue weighted by Crippen LogP contribution is 2.37. The zero-order valence-corrected chi connectivity index (χ0v) is 13.5. The van der Waals surface area contributed by atoms with Gasteiger partial charge in [0.2, 0.25) is 0 Å². The van der Waals surface area contributed by atoms with Crippen LogP contribution in [-0.2, 0) is 0 Å². The summed E-state index contributed by atoms with van der Waals surface area (Å²) in [5, 5.41) is 0.570. The van der Waals surface area contributed by atoms with Crippen molar-refractivity contribution in [1.29, 1.82) is 0 Å². The summed E-state index contributed by atoms with van der Waals surface area (Å²) in [4.78, 5) is 0. The first-order valence-corrected chi connectivity index (χ1v) is 7.10. The fraction of sp³-hybridized carbons (Fsp3) is 0.294. The van der Waals surface area contributed by atoms with Crippen LogP contribution in [0.4, 0.5) is 0 Å². The lowest BCUT2D eigenvalue weighted by molar-refractivity contribution is 0.354. The Balaban J connectivity index is 2.52. The Morgan fingerprint density at radius 2 is 1.57 bits per heavy atom. The Hall–Kier alpha value is -1.71. The standard InChI is InChI=1S/C17H20ClNO2/c1-10-5-6-11(2)12(7-10)17(19)13-8-15(20-3)16(21-4)9-14(13)18/h5-9,17H,19H2,1-4H3. The summed E-state index contributed by atoms with van der Waals surface area (Å²) in [6, 6.07) is 9.50. The summed E-state index contributed by atoms with van der Waals surface area (Å²) < 4.78 is 10.6. The summed E-state index contributed by atoms with van der Waals surface area (Å²) >= 11 is 6.36. The molecule has 2 N–H and O–H groups in total. The van der Waals surface area contributed by atoms with E-state index in [1.54, 1.807) is 20.3 Å². The van der Waals surface area contributed by atoms with Crippen molar-refractivity contribution in [3.63, 3.8) is 0 Å². The molecule has 0 saturated heterocycles. The molecule has 0 saturated carbocycles. The quantitative estimate of drug-likeness (QED) is 0.928. The average Bonchev–Trinajstić information content (AvgIpc) is 2.48. The number of rotatable bonds is 4. The summed E-state index contributed by atoms with van der Waals surface area (Å²) in [5.74, 6) is 1.22. The van der Waals surface area contributed by atoms with Crippen molar-refractivity contribution < 1.29 is 9.47 Å².